The Morgan fingerprint density at radius 2 is 1.71 bits per heavy atom. The lowest BCUT2D eigenvalue weighted by atomic mass is 10.1. The predicted octanol–water partition coefficient (Wildman–Crippen LogP) is 5.02. The van der Waals surface area contributed by atoms with Gasteiger partial charge in [-0.05, 0) is 60.4 Å². The summed E-state index contributed by atoms with van der Waals surface area (Å²) < 4.78 is 13.2. The lowest BCUT2D eigenvalue weighted by Gasteiger charge is -2.27. The van der Waals surface area contributed by atoms with Crippen LogP contribution in [-0.4, -0.2) is 40.6 Å². The van der Waals surface area contributed by atoms with Gasteiger partial charge in [0.25, 0.3) is 0 Å². The van der Waals surface area contributed by atoms with Crippen molar-refractivity contribution in [3.05, 3.63) is 96.3 Å². The van der Waals surface area contributed by atoms with E-state index < -0.39 is 0 Å². The topological polar surface area (TPSA) is 22.6 Å². The first-order chi connectivity index (χ1) is 15.2. The molecule has 5 heteroatoms. The summed E-state index contributed by atoms with van der Waals surface area (Å²) in [7, 11) is 0. The van der Waals surface area contributed by atoms with Gasteiger partial charge in [-0.1, -0.05) is 30.3 Å². The summed E-state index contributed by atoms with van der Waals surface area (Å²) in [6.07, 6.45) is 7.44. The second-order valence-electron chi connectivity index (χ2n) is 8.42. The lowest BCUT2D eigenvalue weighted by Crippen LogP contribution is -2.36. The smallest absolute Gasteiger partial charge is 0.123 e. The molecule has 0 amide bonds. The third kappa shape index (κ3) is 4.32. The molecule has 3 heterocycles. The fourth-order valence-corrected chi connectivity index (χ4v) is 4.45. The summed E-state index contributed by atoms with van der Waals surface area (Å²) in [6, 6.07) is 19.8. The molecular formula is C26H27FN4. The first-order valence-corrected chi connectivity index (χ1v) is 10.9. The number of hydrogen-bond acceptors (Lipinski definition) is 4. The quantitative estimate of drug-likeness (QED) is 0.585. The van der Waals surface area contributed by atoms with Crippen LogP contribution in [0.2, 0.25) is 0 Å². The molecule has 2 aromatic carbocycles. The fourth-order valence-electron chi connectivity index (χ4n) is 4.45. The van der Waals surface area contributed by atoms with Crippen LogP contribution in [0.4, 0.5) is 10.1 Å². The van der Waals surface area contributed by atoms with E-state index in [0.717, 1.165) is 37.4 Å². The summed E-state index contributed by atoms with van der Waals surface area (Å²) in [6.45, 7) is 6.11. The molecule has 0 unspecified atom stereocenters. The number of rotatable bonds is 5. The van der Waals surface area contributed by atoms with Gasteiger partial charge < -0.3 is 9.80 Å². The zero-order valence-corrected chi connectivity index (χ0v) is 17.8. The van der Waals surface area contributed by atoms with Crippen LogP contribution in [0.5, 0.6) is 0 Å². The van der Waals surface area contributed by atoms with Crippen molar-refractivity contribution in [2.24, 2.45) is 0 Å². The standard InChI is InChI=1S/C26H27FN4/c1-20-3-2-13-28-26(20)18-29-14-12-25(17-29)31-16-15-30(19-31)24-10-6-22(7-11-24)21-4-8-23(27)9-5-21/h2-11,13,15-16,25H,12,14,17-19H2,1H3/t25-/m0/s1. The average Bonchev–Trinajstić information content (AvgIpc) is 3.46. The van der Waals surface area contributed by atoms with Gasteiger partial charge in [0.05, 0.1) is 12.4 Å². The van der Waals surface area contributed by atoms with E-state index in [2.05, 4.69) is 69.3 Å². The van der Waals surface area contributed by atoms with E-state index >= 15 is 0 Å². The number of aromatic nitrogens is 1. The second kappa shape index (κ2) is 8.52. The number of nitrogens with zero attached hydrogens (tertiary/aromatic N) is 4. The molecule has 1 aromatic heterocycles. The highest BCUT2D eigenvalue weighted by Crippen LogP contribution is 2.27. The van der Waals surface area contributed by atoms with E-state index in [0.29, 0.717) is 6.04 Å². The van der Waals surface area contributed by atoms with Crippen molar-refractivity contribution in [1.29, 1.82) is 0 Å². The highest BCUT2D eigenvalue weighted by atomic mass is 19.1. The third-order valence-corrected chi connectivity index (χ3v) is 6.34. The number of hydrogen-bond donors (Lipinski definition) is 0. The van der Waals surface area contributed by atoms with E-state index in [4.69, 9.17) is 0 Å². The SMILES string of the molecule is Cc1cccnc1CN1CC[C@H](N2C=CN(c3ccc(-c4ccc(F)cc4)cc3)C2)C1. The Morgan fingerprint density at radius 1 is 0.968 bits per heavy atom. The van der Waals surface area contributed by atoms with E-state index in [9.17, 15) is 4.39 Å². The van der Waals surface area contributed by atoms with Gasteiger partial charge in [0.1, 0.15) is 5.82 Å². The van der Waals surface area contributed by atoms with Crippen LogP contribution in [0.3, 0.4) is 0 Å². The summed E-state index contributed by atoms with van der Waals surface area (Å²) >= 11 is 0. The Kier molecular flexibility index (Phi) is 5.43. The lowest BCUT2D eigenvalue weighted by molar-refractivity contribution is 0.264. The maximum absolute atomic E-state index is 13.2. The average molecular weight is 415 g/mol. The molecule has 0 N–H and O–H groups in total. The molecule has 2 aliphatic heterocycles. The van der Waals surface area contributed by atoms with Crippen molar-refractivity contribution in [1.82, 2.24) is 14.8 Å². The van der Waals surface area contributed by atoms with E-state index in [1.165, 1.54) is 35.5 Å². The molecule has 1 fully saturated rings. The minimum absolute atomic E-state index is 0.205. The maximum atomic E-state index is 13.2. The van der Waals surface area contributed by atoms with Crippen molar-refractivity contribution in [3.8, 4) is 11.1 Å². The molecule has 0 saturated carbocycles. The minimum atomic E-state index is -0.205. The normalized spacial score (nSPS) is 18.8. The number of anilines is 1. The van der Waals surface area contributed by atoms with Crippen molar-refractivity contribution in [2.45, 2.75) is 25.9 Å². The minimum Gasteiger partial charge on any atom is -0.354 e. The number of benzene rings is 2. The van der Waals surface area contributed by atoms with Gasteiger partial charge in [-0.25, -0.2) is 4.39 Å². The Balaban J connectivity index is 1.18. The first-order valence-electron chi connectivity index (χ1n) is 10.9. The second-order valence-corrected chi connectivity index (χ2v) is 8.42. The third-order valence-electron chi connectivity index (χ3n) is 6.34. The van der Waals surface area contributed by atoms with Gasteiger partial charge >= 0.3 is 0 Å². The van der Waals surface area contributed by atoms with Gasteiger partial charge in [0.2, 0.25) is 0 Å². The van der Waals surface area contributed by atoms with Crippen molar-refractivity contribution in [2.75, 3.05) is 24.7 Å². The molecule has 0 spiro atoms. The molecule has 4 nitrogen and oxygen atoms in total. The molecule has 3 aromatic rings. The number of aryl methyl sites for hydroxylation is 1. The molecule has 158 valence electrons. The molecule has 0 radical (unpaired) electrons. The fraction of sp³-hybridized carbons (Fsp3) is 0.269. The molecule has 5 rings (SSSR count). The molecule has 1 saturated heterocycles. The zero-order valence-electron chi connectivity index (χ0n) is 17.8. The highest BCUT2D eigenvalue weighted by molar-refractivity contribution is 5.66. The van der Waals surface area contributed by atoms with Crippen LogP contribution < -0.4 is 4.90 Å². The largest absolute Gasteiger partial charge is 0.354 e. The maximum Gasteiger partial charge on any atom is 0.123 e. The van der Waals surface area contributed by atoms with Crippen molar-refractivity contribution in [3.63, 3.8) is 0 Å². The van der Waals surface area contributed by atoms with Crippen LogP contribution in [-0.2, 0) is 6.54 Å². The monoisotopic (exact) mass is 414 g/mol. The van der Waals surface area contributed by atoms with E-state index in [-0.39, 0.29) is 5.82 Å². The van der Waals surface area contributed by atoms with Crippen LogP contribution >= 0.6 is 0 Å². The van der Waals surface area contributed by atoms with E-state index in [1.807, 2.05) is 24.4 Å². The highest BCUT2D eigenvalue weighted by Gasteiger charge is 2.29. The Hall–Kier alpha value is -3.18. The van der Waals surface area contributed by atoms with Gasteiger partial charge in [-0.2, -0.15) is 0 Å². The van der Waals surface area contributed by atoms with Crippen molar-refractivity contribution >= 4 is 5.69 Å². The van der Waals surface area contributed by atoms with Crippen LogP contribution in [0.25, 0.3) is 11.1 Å². The van der Waals surface area contributed by atoms with E-state index in [1.54, 1.807) is 0 Å². The molecule has 0 aliphatic carbocycles. The van der Waals surface area contributed by atoms with Crippen molar-refractivity contribution < 1.29 is 4.39 Å². The molecular weight excluding hydrogens is 387 g/mol. The molecule has 31 heavy (non-hydrogen) atoms. The van der Waals surface area contributed by atoms with Gasteiger partial charge in [-0.15, -0.1) is 0 Å². The Morgan fingerprint density at radius 3 is 2.45 bits per heavy atom. The number of likely N-dealkylation sites (tertiary alicyclic amines) is 1. The Labute approximate surface area is 183 Å². The summed E-state index contributed by atoms with van der Waals surface area (Å²) in [4.78, 5) is 11.8. The summed E-state index contributed by atoms with van der Waals surface area (Å²) in [5, 5.41) is 0. The van der Waals surface area contributed by atoms with Crippen LogP contribution in [0, 0.1) is 12.7 Å². The molecule has 0 bridgehead atoms. The zero-order chi connectivity index (χ0) is 21.2. The van der Waals surface area contributed by atoms with Gasteiger partial charge in [0.15, 0.2) is 0 Å². The van der Waals surface area contributed by atoms with Gasteiger partial charge in [-0.3, -0.25) is 9.88 Å². The number of pyridine rings is 1. The number of halogens is 1. The molecule has 2 aliphatic rings. The summed E-state index contributed by atoms with van der Waals surface area (Å²) in [5.74, 6) is -0.205. The predicted molar refractivity (Wildman–Crippen MR) is 123 cm³/mol. The van der Waals surface area contributed by atoms with Crippen LogP contribution in [0.1, 0.15) is 17.7 Å². The Bertz CT molecular complexity index is 1060. The first kappa shape index (κ1) is 19.8. The molecule has 1 atom stereocenters. The van der Waals surface area contributed by atoms with Crippen LogP contribution in [0.15, 0.2) is 79.3 Å². The summed E-state index contributed by atoms with van der Waals surface area (Å²) in [5.41, 5.74) is 5.75. The van der Waals surface area contributed by atoms with Gasteiger partial charge in [0, 0.05) is 50.0 Å².